The van der Waals surface area contributed by atoms with Crippen molar-refractivity contribution in [2.45, 2.75) is 23.1 Å². The summed E-state index contributed by atoms with van der Waals surface area (Å²) >= 11 is 1.70. The number of methoxy groups -OCH3 is 1. The Morgan fingerprint density at radius 2 is 1.75 bits per heavy atom. The standard InChI is InChI=1S/C22H21NO3S2/c1-26-17-8-10-18(11-9-17)28(24,25)23-13-14-27-22(23)20-12-7-16-6-5-15-3-2-4-19(20)21(15)16/h2-4,7-12,22H,5-6,13-14H2,1H3. The summed E-state index contributed by atoms with van der Waals surface area (Å²) in [6.07, 6.45) is 2.14. The third-order valence-electron chi connectivity index (χ3n) is 5.69. The van der Waals surface area contributed by atoms with E-state index in [0.29, 0.717) is 17.2 Å². The largest absolute Gasteiger partial charge is 0.497 e. The van der Waals surface area contributed by atoms with Gasteiger partial charge in [0, 0.05) is 12.3 Å². The lowest BCUT2D eigenvalue weighted by molar-refractivity contribution is 0.414. The van der Waals surface area contributed by atoms with Gasteiger partial charge in [0.15, 0.2) is 0 Å². The lowest BCUT2D eigenvalue weighted by Gasteiger charge is -2.25. The molecule has 0 amide bonds. The third-order valence-corrected chi connectivity index (χ3v) is 8.95. The van der Waals surface area contributed by atoms with Crippen LogP contribution in [0.4, 0.5) is 0 Å². The van der Waals surface area contributed by atoms with Gasteiger partial charge in [-0.2, -0.15) is 4.31 Å². The maximum Gasteiger partial charge on any atom is 0.244 e. The van der Waals surface area contributed by atoms with E-state index in [0.717, 1.165) is 24.2 Å². The van der Waals surface area contributed by atoms with Gasteiger partial charge in [0.05, 0.1) is 17.4 Å². The fraction of sp³-hybridized carbons (Fsp3) is 0.273. The van der Waals surface area contributed by atoms with Gasteiger partial charge in [-0.3, -0.25) is 0 Å². The Morgan fingerprint density at radius 1 is 1.00 bits per heavy atom. The highest BCUT2D eigenvalue weighted by Crippen LogP contribution is 2.45. The van der Waals surface area contributed by atoms with Crippen molar-refractivity contribution in [3.05, 3.63) is 71.3 Å². The molecule has 3 aromatic rings. The molecule has 144 valence electrons. The van der Waals surface area contributed by atoms with Crippen molar-refractivity contribution < 1.29 is 13.2 Å². The molecule has 1 unspecified atom stereocenters. The van der Waals surface area contributed by atoms with Crippen LogP contribution in [0.5, 0.6) is 5.75 Å². The monoisotopic (exact) mass is 411 g/mol. The molecule has 28 heavy (non-hydrogen) atoms. The molecular formula is C22H21NO3S2. The van der Waals surface area contributed by atoms with Crippen molar-refractivity contribution in [2.75, 3.05) is 19.4 Å². The summed E-state index contributed by atoms with van der Waals surface area (Å²) in [6, 6.07) is 17.4. The third kappa shape index (κ3) is 2.74. The fourth-order valence-electron chi connectivity index (χ4n) is 4.31. The van der Waals surface area contributed by atoms with Crippen molar-refractivity contribution in [1.29, 1.82) is 0 Å². The van der Waals surface area contributed by atoms with Gasteiger partial charge in [0.1, 0.15) is 5.75 Å². The second-order valence-corrected chi connectivity index (χ2v) is 10.2. The highest BCUT2D eigenvalue weighted by atomic mass is 32.2. The Kier molecular flexibility index (Phi) is 4.38. The van der Waals surface area contributed by atoms with Gasteiger partial charge in [0.25, 0.3) is 0 Å². The van der Waals surface area contributed by atoms with Gasteiger partial charge in [-0.05, 0) is 64.6 Å². The van der Waals surface area contributed by atoms with Crippen molar-refractivity contribution in [1.82, 2.24) is 4.31 Å². The van der Waals surface area contributed by atoms with E-state index in [1.165, 1.54) is 21.9 Å². The number of sulfonamides is 1. The number of thioether (sulfide) groups is 1. The molecule has 1 atom stereocenters. The van der Waals surface area contributed by atoms with Gasteiger partial charge in [0.2, 0.25) is 10.0 Å². The molecular weight excluding hydrogens is 390 g/mol. The molecule has 4 nitrogen and oxygen atoms in total. The Morgan fingerprint density at radius 3 is 2.50 bits per heavy atom. The molecule has 1 saturated heterocycles. The molecule has 5 rings (SSSR count). The summed E-state index contributed by atoms with van der Waals surface area (Å²) in [5.41, 5.74) is 3.85. The predicted octanol–water partition coefficient (Wildman–Crippen LogP) is 4.38. The van der Waals surface area contributed by atoms with Gasteiger partial charge in [-0.25, -0.2) is 8.42 Å². The zero-order valence-corrected chi connectivity index (χ0v) is 17.2. The predicted molar refractivity (Wildman–Crippen MR) is 113 cm³/mol. The second-order valence-electron chi connectivity index (χ2n) is 7.17. The van der Waals surface area contributed by atoms with E-state index in [-0.39, 0.29) is 5.37 Å². The average Bonchev–Trinajstić information content (AvgIpc) is 3.37. The number of hydrogen-bond acceptors (Lipinski definition) is 4. The maximum absolute atomic E-state index is 13.4. The smallest absolute Gasteiger partial charge is 0.244 e. The van der Waals surface area contributed by atoms with Gasteiger partial charge < -0.3 is 4.74 Å². The number of hydrogen-bond donors (Lipinski definition) is 0. The van der Waals surface area contributed by atoms with Crippen LogP contribution in [-0.4, -0.2) is 32.1 Å². The quantitative estimate of drug-likeness (QED) is 0.639. The first-order valence-electron chi connectivity index (χ1n) is 9.40. The molecule has 0 spiro atoms. The Bertz CT molecular complexity index is 1150. The van der Waals surface area contributed by atoms with Gasteiger partial charge in [-0.15, -0.1) is 11.8 Å². The average molecular weight is 412 g/mol. The lowest BCUT2D eigenvalue weighted by atomic mass is 10.00. The topological polar surface area (TPSA) is 46.6 Å². The van der Waals surface area contributed by atoms with E-state index >= 15 is 0 Å². The summed E-state index contributed by atoms with van der Waals surface area (Å²) < 4.78 is 33.6. The fourth-order valence-corrected chi connectivity index (χ4v) is 7.58. The Labute approximate surface area is 169 Å². The van der Waals surface area contributed by atoms with E-state index in [9.17, 15) is 8.42 Å². The zero-order valence-electron chi connectivity index (χ0n) is 15.6. The molecule has 0 N–H and O–H groups in total. The number of nitrogens with zero attached hydrogens (tertiary/aromatic N) is 1. The van der Waals surface area contributed by atoms with Crippen LogP contribution in [0.3, 0.4) is 0 Å². The van der Waals surface area contributed by atoms with Gasteiger partial charge >= 0.3 is 0 Å². The van der Waals surface area contributed by atoms with E-state index < -0.39 is 10.0 Å². The molecule has 6 heteroatoms. The number of aryl methyl sites for hydroxylation is 2. The molecule has 1 aliphatic carbocycles. The minimum Gasteiger partial charge on any atom is -0.497 e. The molecule has 3 aromatic carbocycles. The molecule has 0 bridgehead atoms. The normalized spacial score (nSPS) is 19.4. The Hall–Kier alpha value is -2.02. The Balaban J connectivity index is 1.59. The van der Waals surface area contributed by atoms with Crippen LogP contribution in [0, 0.1) is 0 Å². The highest BCUT2D eigenvalue weighted by molar-refractivity contribution is 8.01. The number of ether oxygens (including phenoxy) is 1. The van der Waals surface area contributed by atoms with Crippen LogP contribution in [0.25, 0.3) is 10.8 Å². The van der Waals surface area contributed by atoms with Crippen LogP contribution in [0.2, 0.25) is 0 Å². The summed E-state index contributed by atoms with van der Waals surface area (Å²) in [6.45, 7) is 0.520. The molecule has 0 saturated carbocycles. The minimum absolute atomic E-state index is 0.197. The van der Waals surface area contributed by atoms with E-state index in [4.69, 9.17) is 4.74 Å². The molecule has 1 heterocycles. The number of rotatable bonds is 4. The highest BCUT2D eigenvalue weighted by Gasteiger charge is 2.38. The van der Waals surface area contributed by atoms with E-state index in [1.54, 1.807) is 47.4 Å². The van der Waals surface area contributed by atoms with Crippen molar-refractivity contribution in [3.63, 3.8) is 0 Å². The second kappa shape index (κ2) is 6.79. The summed E-state index contributed by atoms with van der Waals surface area (Å²) in [5.74, 6) is 1.45. The SMILES string of the molecule is COc1ccc(S(=O)(=O)N2CCSC2c2ccc3c4c(cccc24)CC3)cc1. The number of benzene rings is 3. The molecule has 1 aliphatic heterocycles. The zero-order chi connectivity index (χ0) is 19.3. The molecule has 2 aliphatic rings. The summed E-state index contributed by atoms with van der Waals surface area (Å²) in [4.78, 5) is 0.312. The summed E-state index contributed by atoms with van der Waals surface area (Å²) in [7, 11) is -2.00. The first-order valence-corrected chi connectivity index (χ1v) is 11.9. The van der Waals surface area contributed by atoms with E-state index in [1.807, 2.05) is 0 Å². The van der Waals surface area contributed by atoms with Gasteiger partial charge in [-0.1, -0.05) is 30.3 Å². The lowest BCUT2D eigenvalue weighted by Crippen LogP contribution is -2.30. The van der Waals surface area contributed by atoms with Crippen LogP contribution in [-0.2, 0) is 22.9 Å². The van der Waals surface area contributed by atoms with Crippen molar-refractivity contribution >= 4 is 32.6 Å². The van der Waals surface area contributed by atoms with Crippen LogP contribution in [0.1, 0.15) is 22.1 Å². The molecule has 1 fully saturated rings. The summed E-state index contributed by atoms with van der Waals surface area (Å²) in [5, 5.41) is 2.33. The van der Waals surface area contributed by atoms with E-state index in [2.05, 4.69) is 30.3 Å². The minimum atomic E-state index is -3.58. The molecule has 0 radical (unpaired) electrons. The maximum atomic E-state index is 13.4. The van der Waals surface area contributed by atoms with Crippen LogP contribution >= 0.6 is 11.8 Å². The van der Waals surface area contributed by atoms with Crippen LogP contribution in [0.15, 0.2) is 59.5 Å². The first-order chi connectivity index (χ1) is 13.6. The van der Waals surface area contributed by atoms with Crippen LogP contribution < -0.4 is 4.74 Å². The molecule has 0 aromatic heterocycles. The first kappa shape index (κ1) is 18.0. The van der Waals surface area contributed by atoms with Crippen molar-refractivity contribution in [3.8, 4) is 5.75 Å². The van der Waals surface area contributed by atoms with Crippen molar-refractivity contribution in [2.24, 2.45) is 0 Å².